The Balaban J connectivity index is 1.22. The molecule has 36 heavy (non-hydrogen) atoms. The first-order chi connectivity index (χ1) is 17.5. The predicted molar refractivity (Wildman–Crippen MR) is 139 cm³/mol. The molecule has 4 aromatic rings. The molecule has 0 saturated heterocycles. The summed E-state index contributed by atoms with van der Waals surface area (Å²) >= 11 is 0. The smallest absolute Gasteiger partial charge is 0.276 e. The number of anilines is 1. The molecular weight excluding hydrogens is 454 g/mol. The van der Waals surface area contributed by atoms with Crippen LogP contribution in [0.2, 0.25) is 0 Å². The van der Waals surface area contributed by atoms with Gasteiger partial charge in [0.2, 0.25) is 0 Å². The van der Waals surface area contributed by atoms with Gasteiger partial charge in [0.15, 0.2) is 6.61 Å². The fourth-order valence-corrected chi connectivity index (χ4v) is 3.45. The molecule has 3 N–H and O–H groups in total. The van der Waals surface area contributed by atoms with Crippen molar-refractivity contribution in [1.29, 1.82) is 0 Å². The Morgan fingerprint density at radius 3 is 2.06 bits per heavy atom. The average Bonchev–Trinajstić information content (AvgIpc) is 2.91. The van der Waals surface area contributed by atoms with E-state index in [1.54, 1.807) is 48.5 Å². The summed E-state index contributed by atoms with van der Waals surface area (Å²) in [7, 11) is 0. The van der Waals surface area contributed by atoms with Gasteiger partial charge in [-0.25, -0.2) is 0 Å². The highest BCUT2D eigenvalue weighted by Crippen LogP contribution is 2.22. The molecule has 4 rings (SSSR count). The standard InChI is InChI=1S/C29H25N3O4/c1-20-6-5-9-24(18-20)28(34)30-25-14-10-23(11-15-25)29(35)32-31-27(33)19-36-26-16-12-22(13-17-26)21-7-3-2-4-8-21/h2-18H,19H2,1H3,(H,30,34)(H,31,33)(H,32,35). The van der Waals surface area contributed by atoms with E-state index in [0.29, 0.717) is 22.6 Å². The van der Waals surface area contributed by atoms with Gasteiger partial charge in [-0.05, 0) is 66.6 Å². The van der Waals surface area contributed by atoms with Crippen LogP contribution in [-0.4, -0.2) is 24.3 Å². The molecule has 0 atom stereocenters. The zero-order valence-corrected chi connectivity index (χ0v) is 19.7. The van der Waals surface area contributed by atoms with Crippen LogP contribution < -0.4 is 20.9 Å². The molecule has 4 aromatic carbocycles. The van der Waals surface area contributed by atoms with Gasteiger partial charge in [-0.3, -0.25) is 25.2 Å². The van der Waals surface area contributed by atoms with Crippen molar-refractivity contribution in [2.45, 2.75) is 6.92 Å². The normalized spacial score (nSPS) is 10.2. The van der Waals surface area contributed by atoms with Gasteiger partial charge in [0, 0.05) is 16.8 Å². The van der Waals surface area contributed by atoms with Gasteiger partial charge in [0.25, 0.3) is 17.7 Å². The molecule has 7 heteroatoms. The number of hydrazine groups is 1. The summed E-state index contributed by atoms with van der Waals surface area (Å²) in [5, 5.41) is 2.79. The van der Waals surface area contributed by atoms with Crippen molar-refractivity contribution in [3.8, 4) is 16.9 Å². The molecule has 180 valence electrons. The topological polar surface area (TPSA) is 96.5 Å². The molecule has 0 aromatic heterocycles. The van der Waals surface area contributed by atoms with Gasteiger partial charge >= 0.3 is 0 Å². The van der Waals surface area contributed by atoms with E-state index in [1.165, 1.54) is 0 Å². The number of ether oxygens (including phenoxy) is 1. The molecule has 0 heterocycles. The molecule has 7 nitrogen and oxygen atoms in total. The van der Waals surface area contributed by atoms with Crippen molar-refractivity contribution in [1.82, 2.24) is 10.9 Å². The quantitative estimate of drug-likeness (QED) is 0.333. The molecule has 0 spiro atoms. The molecule has 0 bridgehead atoms. The third-order valence-electron chi connectivity index (χ3n) is 5.33. The lowest BCUT2D eigenvalue weighted by Crippen LogP contribution is -2.43. The summed E-state index contributed by atoms with van der Waals surface area (Å²) in [5.41, 5.74) is 9.22. The number of benzene rings is 4. The maximum absolute atomic E-state index is 12.4. The molecule has 0 radical (unpaired) electrons. The van der Waals surface area contributed by atoms with Gasteiger partial charge in [-0.1, -0.05) is 60.2 Å². The fraction of sp³-hybridized carbons (Fsp3) is 0.0690. The lowest BCUT2D eigenvalue weighted by molar-refractivity contribution is -0.123. The van der Waals surface area contributed by atoms with E-state index in [-0.39, 0.29) is 12.5 Å². The lowest BCUT2D eigenvalue weighted by Gasteiger charge is -2.10. The van der Waals surface area contributed by atoms with Crippen molar-refractivity contribution in [2.75, 3.05) is 11.9 Å². The Labute approximate surface area is 209 Å². The van der Waals surface area contributed by atoms with Crippen LogP contribution in [0, 0.1) is 6.92 Å². The minimum Gasteiger partial charge on any atom is -0.484 e. The Morgan fingerprint density at radius 1 is 0.667 bits per heavy atom. The van der Waals surface area contributed by atoms with E-state index >= 15 is 0 Å². The number of hydrogen-bond donors (Lipinski definition) is 3. The third kappa shape index (κ3) is 6.57. The summed E-state index contributed by atoms with van der Waals surface area (Å²) in [6.07, 6.45) is 0. The molecule has 0 unspecified atom stereocenters. The monoisotopic (exact) mass is 479 g/mol. The van der Waals surface area contributed by atoms with Crippen molar-refractivity contribution in [2.24, 2.45) is 0 Å². The first-order valence-electron chi connectivity index (χ1n) is 11.3. The average molecular weight is 480 g/mol. The van der Waals surface area contributed by atoms with Crippen molar-refractivity contribution >= 4 is 23.4 Å². The zero-order chi connectivity index (χ0) is 25.3. The Morgan fingerprint density at radius 2 is 1.36 bits per heavy atom. The third-order valence-corrected chi connectivity index (χ3v) is 5.33. The first kappa shape index (κ1) is 24.2. The molecule has 0 fully saturated rings. The van der Waals surface area contributed by atoms with E-state index in [1.807, 2.05) is 61.5 Å². The summed E-state index contributed by atoms with van der Waals surface area (Å²) < 4.78 is 5.49. The van der Waals surface area contributed by atoms with Crippen LogP contribution in [0.5, 0.6) is 5.75 Å². The first-order valence-corrected chi connectivity index (χ1v) is 11.3. The molecule has 3 amide bonds. The molecule has 0 aliphatic heterocycles. The van der Waals surface area contributed by atoms with Crippen molar-refractivity contribution < 1.29 is 19.1 Å². The van der Waals surface area contributed by atoms with Gasteiger partial charge in [0.1, 0.15) is 5.75 Å². The summed E-state index contributed by atoms with van der Waals surface area (Å²) in [4.78, 5) is 36.8. The zero-order valence-electron chi connectivity index (χ0n) is 19.7. The second-order valence-electron chi connectivity index (χ2n) is 8.08. The minimum atomic E-state index is -0.502. The van der Waals surface area contributed by atoms with Crippen LogP contribution in [0.3, 0.4) is 0 Å². The summed E-state index contributed by atoms with van der Waals surface area (Å²) in [6.45, 7) is 1.66. The lowest BCUT2D eigenvalue weighted by atomic mass is 10.1. The van der Waals surface area contributed by atoms with Crippen LogP contribution in [0.1, 0.15) is 26.3 Å². The maximum atomic E-state index is 12.4. The van der Waals surface area contributed by atoms with Crippen LogP contribution in [-0.2, 0) is 4.79 Å². The number of rotatable bonds is 7. The molecule has 0 aliphatic carbocycles. The second kappa shape index (κ2) is 11.5. The fourth-order valence-electron chi connectivity index (χ4n) is 3.45. The minimum absolute atomic E-state index is 0.238. The number of carbonyl (C=O) groups excluding carboxylic acids is 3. The molecule has 0 aliphatic rings. The van der Waals surface area contributed by atoms with Crippen LogP contribution in [0.25, 0.3) is 11.1 Å². The highest BCUT2D eigenvalue weighted by Gasteiger charge is 2.10. The Bertz CT molecular complexity index is 1350. The van der Waals surface area contributed by atoms with Gasteiger partial charge in [-0.2, -0.15) is 0 Å². The highest BCUT2D eigenvalue weighted by molar-refractivity contribution is 6.04. The number of carbonyl (C=O) groups is 3. The summed E-state index contributed by atoms with van der Waals surface area (Å²) in [5.74, 6) is -0.693. The van der Waals surface area contributed by atoms with E-state index < -0.39 is 11.8 Å². The largest absolute Gasteiger partial charge is 0.484 e. The van der Waals surface area contributed by atoms with E-state index in [0.717, 1.165) is 16.7 Å². The number of hydrogen-bond acceptors (Lipinski definition) is 4. The van der Waals surface area contributed by atoms with Crippen molar-refractivity contribution in [3.05, 3.63) is 120 Å². The van der Waals surface area contributed by atoms with Crippen LogP contribution in [0.4, 0.5) is 5.69 Å². The van der Waals surface area contributed by atoms with Gasteiger partial charge in [0.05, 0.1) is 0 Å². The SMILES string of the molecule is Cc1cccc(C(=O)Nc2ccc(C(=O)NNC(=O)COc3ccc(-c4ccccc4)cc3)cc2)c1. The van der Waals surface area contributed by atoms with E-state index in [2.05, 4.69) is 16.2 Å². The molecular formula is C29H25N3O4. The Hall–Kier alpha value is -4.91. The van der Waals surface area contributed by atoms with Gasteiger partial charge < -0.3 is 10.1 Å². The van der Waals surface area contributed by atoms with Crippen molar-refractivity contribution in [3.63, 3.8) is 0 Å². The Kier molecular flexibility index (Phi) is 7.73. The second-order valence-corrected chi connectivity index (χ2v) is 8.08. The summed E-state index contributed by atoms with van der Waals surface area (Å²) in [6, 6.07) is 30.9. The predicted octanol–water partition coefficient (Wildman–Crippen LogP) is 4.75. The maximum Gasteiger partial charge on any atom is 0.276 e. The highest BCUT2D eigenvalue weighted by atomic mass is 16.5. The van der Waals surface area contributed by atoms with E-state index in [4.69, 9.17) is 4.74 Å². The van der Waals surface area contributed by atoms with Crippen LogP contribution >= 0.6 is 0 Å². The number of aryl methyl sites for hydroxylation is 1. The number of nitrogens with one attached hydrogen (secondary N) is 3. The number of amides is 3. The molecule has 0 saturated carbocycles. The van der Waals surface area contributed by atoms with Crippen LogP contribution in [0.15, 0.2) is 103 Å². The van der Waals surface area contributed by atoms with E-state index in [9.17, 15) is 14.4 Å². The van der Waals surface area contributed by atoms with Gasteiger partial charge in [-0.15, -0.1) is 0 Å².